The van der Waals surface area contributed by atoms with Gasteiger partial charge in [-0.3, -0.25) is 0 Å². The maximum atomic E-state index is 5.87. The van der Waals surface area contributed by atoms with Crippen molar-refractivity contribution >= 4 is 11.5 Å². The van der Waals surface area contributed by atoms with E-state index in [0.717, 1.165) is 25.2 Å². The molecule has 0 radical (unpaired) electrons. The van der Waals surface area contributed by atoms with Crippen LogP contribution in [0, 0.1) is 0 Å². The molecule has 0 saturated heterocycles. The van der Waals surface area contributed by atoms with Crippen molar-refractivity contribution < 1.29 is 4.74 Å². The van der Waals surface area contributed by atoms with Crippen molar-refractivity contribution in [2.24, 2.45) is 0 Å². The fourth-order valence-electron chi connectivity index (χ4n) is 1.84. The molecular weight excluding hydrogens is 226 g/mol. The lowest BCUT2D eigenvalue weighted by atomic mass is 10.2. The summed E-state index contributed by atoms with van der Waals surface area (Å²) in [5, 5.41) is 0. The second-order valence-corrected chi connectivity index (χ2v) is 4.46. The Morgan fingerprint density at radius 3 is 2.61 bits per heavy atom. The van der Waals surface area contributed by atoms with Gasteiger partial charge in [0.15, 0.2) is 0 Å². The Balaban J connectivity index is 2.94. The largest absolute Gasteiger partial charge is 0.476 e. The quantitative estimate of drug-likeness (QED) is 0.809. The molecule has 0 aromatic carbocycles. The van der Waals surface area contributed by atoms with E-state index in [2.05, 4.69) is 37.6 Å². The molecule has 1 aromatic heterocycles. The summed E-state index contributed by atoms with van der Waals surface area (Å²) in [7, 11) is 0. The van der Waals surface area contributed by atoms with E-state index in [-0.39, 0.29) is 0 Å². The van der Waals surface area contributed by atoms with E-state index in [0.29, 0.717) is 24.2 Å². The number of pyridine rings is 1. The second-order valence-electron chi connectivity index (χ2n) is 4.46. The maximum Gasteiger partial charge on any atom is 0.239 e. The Labute approximate surface area is 110 Å². The molecule has 0 fully saturated rings. The van der Waals surface area contributed by atoms with E-state index >= 15 is 0 Å². The molecule has 1 atom stereocenters. The third kappa shape index (κ3) is 3.52. The summed E-state index contributed by atoms with van der Waals surface area (Å²) in [5.41, 5.74) is 6.48. The van der Waals surface area contributed by atoms with Crippen LogP contribution >= 0.6 is 0 Å². The van der Waals surface area contributed by atoms with Crippen molar-refractivity contribution in [3.8, 4) is 5.88 Å². The first-order valence-electron chi connectivity index (χ1n) is 6.79. The highest BCUT2D eigenvalue weighted by Gasteiger charge is 2.14. The zero-order valence-electron chi connectivity index (χ0n) is 11.9. The highest BCUT2D eigenvalue weighted by Crippen LogP contribution is 2.24. The normalized spacial score (nSPS) is 12.2. The number of ether oxygens (including phenoxy) is 1. The van der Waals surface area contributed by atoms with Crippen molar-refractivity contribution in [3.05, 3.63) is 12.1 Å². The van der Waals surface area contributed by atoms with Crippen LogP contribution in [0.4, 0.5) is 11.5 Å². The van der Waals surface area contributed by atoms with Gasteiger partial charge in [0.25, 0.3) is 0 Å². The lowest BCUT2D eigenvalue weighted by Crippen LogP contribution is -2.33. The molecule has 1 rings (SSSR count). The highest BCUT2D eigenvalue weighted by molar-refractivity contribution is 5.54. The molecule has 4 heteroatoms. The third-order valence-corrected chi connectivity index (χ3v) is 3.08. The van der Waals surface area contributed by atoms with Gasteiger partial charge in [-0.1, -0.05) is 13.8 Å². The summed E-state index contributed by atoms with van der Waals surface area (Å²) < 4.78 is 5.57. The van der Waals surface area contributed by atoms with Crippen molar-refractivity contribution in [2.45, 2.75) is 46.6 Å². The molecule has 1 unspecified atom stereocenters. The number of nitrogen functional groups attached to an aromatic ring is 1. The van der Waals surface area contributed by atoms with Gasteiger partial charge in [0, 0.05) is 12.6 Å². The number of aromatic nitrogens is 1. The molecule has 0 saturated carbocycles. The van der Waals surface area contributed by atoms with Crippen LogP contribution in [0.1, 0.15) is 40.5 Å². The van der Waals surface area contributed by atoms with E-state index in [1.165, 1.54) is 0 Å². The molecule has 2 N–H and O–H groups in total. The first-order chi connectivity index (χ1) is 8.63. The van der Waals surface area contributed by atoms with E-state index in [1.54, 1.807) is 0 Å². The van der Waals surface area contributed by atoms with Crippen LogP contribution in [0.3, 0.4) is 0 Å². The van der Waals surface area contributed by atoms with Gasteiger partial charge in [-0.25, -0.2) is 0 Å². The summed E-state index contributed by atoms with van der Waals surface area (Å²) in [5.74, 6) is 1.49. The molecule has 18 heavy (non-hydrogen) atoms. The molecule has 0 aliphatic heterocycles. The second kappa shape index (κ2) is 7.09. The minimum absolute atomic E-state index is 0.463. The molecule has 1 heterocycles. The summed E-state index contributed by atoms with van der Waals surface area (Å²) in [6, 6.07) is 4.30. The first-order valence-corrected chi connectivity index (χ1v) is 6.79. The number of nitrogens with zero attached hydrogens (tertiary/aromatic N) is 2. The van der Waals surface area contributed by atoms with E-state index in [1.807, 2.05) is 12.1 Å². The number of hydrogen-bond donors (Lipinski definition) is 1. The lowest BCUT2D eigenvalue weighted by molar-refractivity contribution is 0.307. The molecule has 0 aliphatic carbocycles. The number of anilines is 2. The fraction of sp³-hybridized carbons (Fsp3) is 0.643. The molecule has 0 spiro atoms. The van der Waals surface area contributed by atoms with Crippen molar-refractivity contribution in [1.82, 2.24) is 4.98 Å². The average Bonchev–Trinajstić information content (AvgIpc) is 2.39. The zero-order chi connectivity index (χ0) is 13.5. The van der Waals surface area contributed by atoms with Crippen molar-refractivity contribution in [2.75, 3.05) is 23.8 Å². The number of rotatable bonds is 7. The molecule has 0 bridgehead atoms. The lowest BCUT2D eigenvalue weighted by Gasteiger charge is -2.28. The third-order valence-electron chi connectivity index (χ3n) is 3.08. The van der Waals surface area contributed by atoms with Crippen LogP contribution < -0.4 is 15.4 Å². The maximum absolute atomic E-state index is 5.87. The Morgan fingerprint density at radius 1 is 1.33 bits per heavy atom. The van der Waals surface area contributed by atoms with Gasteiger partial charge >= 0.3 is 0 Å². The standard InChI is InChI=1S/C14H25N3O/c1-5-10-18-14-12(15)8-9-13(16-14)17(7-3)11(4)6-2/h8-9,11H,5-7,10,15H2,1-4H3. The van der Waals surface area contributed by atoms with Crippen LogP contribution in [0.15, 0.2) is 12.1 Å². The average molecular weight is 251 g/mol. The van der Waals surface area contributed by atoms with Crippen LogP contribution in [0.5, 0.6) is 5.88 Å². The highest BCUT2D eigenvalue weighted by atomic mass is 16.5. The first kappa shape index (κ1) is 14.6. The predicted molar refractivity (Wildman–Crippen MR) is 77.2 cm³/mol. The zero-order valence-corrected chi connectivity index (χ0v) is 11.9. The Morgan fingerprint density at radius 2 is 2.06 bits per heavy atom. The van der Waals surface area contributed by atoms with Gasteiger partial charge in [-0.15, -0.1) is 0 Å². The summed E-state index contributed by atoms with van der Waals surface area (Å²) in [6.07, 6.45) is 2.04. The number of hydrogen-bond acceptors (Lipinski definition) is 4. The Bertz CT molecular complexity index is 368. The Hall–Kier alpha value is -1.45. The van der Waals surface area contributed by atoms with E-state index in [9.17, 15) is 0 Å². The SMILES string of the molecule is CCCOc1nc(N(CC)C(C)CC)ccc1N. The van der Waals surface area contributed by atoms with E-state index in [4.69, 9.17) is 10.5 Å². The smallest absolute Gasteiger partial charge is 0.239 e. The summed E-state index contributed by atoms with van der Waals surface area (Å²) in [6.45, 7) is 10.2. The van der Waals surface area contributed by atoms with Crippen molar-refractivity contribution in [3.63, 3.8) is 0 Å². The molecule has 4 nitrogen and oxygen atoms in total. The van der Waals surface area contributed by atoms with E-state index < -0.39 is 0 Å². The summed E-state index contributed by atoms with van der Waals surface area (Å²) >= 11 is 0. The molecule has 0 aliphatic rings. The van der Waals surface area contributed by atoms with Gasteiger partial charge in [0.1, 0.15) is 5.82 Å². The van der Waals surface area contributed by atoms with Gasteiger partial charge < -0.3 is 15.4 Å². The number of nitrogens with two attached hydrogens (primary N) is 1. The Kier molecular flexibility index (Phi) is 5.75. The predicted octanol–water partition coefficient (Wildman–Crippen LogP) is 3.08. The minimum Gasteiger partial charge on any atom is -0.476 e. The van der Waals surface area contributed by atoms with Crippen LogP contribution in [0.25, 0.3) is 0 Å². The summed E-state index contributed by atoms with van der Waals surface area (Å²) in [4.78, 5) is 6.79. The van der Waals surface area contributed by atoms with Crippen molar-refractivity contribution in [1.29, 1.82) is 0 Å². The van der Waals surface area contributed by atoms with Gasteiger partial charge in [-0.2, -0.15) is 4.98 Å². The molecule has 0 amide bonds. The van der Waals surface area contributed by atoms with Gasteiger partial charge in [-0.05, 0) is 38.8 Å². The van der Waals surface area contributed by atoms with Gasteiger partial charge in [0.2, 0.25) is 5.88 Å². The van der Waals surface area contributed by atoms with Crippen LogP contribution in [-0.2, 0) is 0 Å². The molecular formula is C14H25N3O. The van der Waals surface area contributed by atoms with Crippen LogP contribution in [-0.4, -0.2) is 24.2 Å². The van der Waals surface area contributed by atoms with Gasteiger partial charge in [0.05, 0.1) is 12.3 Å². The van der Waals surface area contributed by atoms with Crippen LogP contribution in [0.2, 0.25) is 0 Å². The topological polar surface area (TPSA) is 51.4 Å². The molecule has 1 aromatic rings. The fourth-order valence-corrected chi connectivity index (χ4v) is 1.84. The minimum atomic E-state index is 0.463. The monoisotopic (exact) mass is 251 g/mol. The molecule has 102 valence electrons.